The van der Waals surface area contributed by atoms with Crippen molar-refractivity contribution in [2.45, 2.75) is 39.2 Å². The fourth-order valence-electron chi connectivity index (χ4n) is 1.40. The van der Waals surface area contributed by atoms with Crippen LogP contribution >= 0.6 is 0 Å². The van der Waals surface area contributed by atoms with E-state index in [0.717, 1.165) is 18.9 Å². The molecule has 0 amide bonds. The van der Waals surface area contributed by atoms with Crippen molar-refractivity contribution in [1.29, 1.82) is 0 Å². The van der Waals surface area contributed by atoms with E-state index in [-0.39, 0.29) is 5.54 Å². The molecule has 1 atom stereocenters. The van der Waals surface area contributed by atoms with E-state index in [4.69, 9.17) is 5.73 Å². The van der Waals surface area contributed by atoms with Gasteiger partial charge in [0.05, 0.1) is 12.1 Å². The molecular formula is C9H19N3. The molecule has 0 saturated carbocycles. The SMILES string of the molecule is CC(C)CCC1(C)CN=C(N)N1. The maximum atomic E-state index is 5.56. The molecule has 1 aliphatic heterocycles. The highest BCUT2D eigenvalue weighted by molar-refractivity contribution is 5.80. The second kappa shape index (κ2) is 3.33. The summed E-state index contributed by atoms with van der Waals surface area (Å²) in [6, 6.07) is 0. The first-order chi connectivity index (χ1) is 5.52. The van der Waals surface area contributed by atoms with E-state index in [1.54, 1.807) is 0 Å². The van der Waals surface area contributed by atoms with Crippen LogP contribution in [0.2, 0.25) is 0 Å². The smallest absolute Gasteiger partial charge is 0.189 e. The maximum absolute atomic E-state index is 5.56. The van der Waals surface area contributed by atoms with Crippen LogP contribution in [0.15, 0.2) is 4.99 Å². The second-order valence-corrected chi connectivity index (χ2v) is 4.32. The number of hydrogen-bond donors (Lipinski definition) is 2. The first-order valence-corrected chi connectivity index (χ1v) is 4.60. The van der Waals surface area contributed by atoms with Crippen molar-refractivity contribution < 1.29 is 0 Å². The summed E-state index contributed by atoms with van der Waals surface area (Å²) in [5, 5.41) is 3.21. The van der Waals surface area contributed by atoms with Crippen molar-refractivity contribution in [1.82, 2.24) is 5.32 Å². The Bertz CT molecular complexity index is 186. The average molecular weight is 169 g/mol. The van der Waals surface area contributed by atoms with E-state index in [1.165, 1.54) is 6.42 Å². The van der Waals surface area contributed by atoms with Gasteiger partial charge in [0.25, 0.3) is 0 Å². The van der Waals surface area contributed by atoms with Gasteiger partial charge in [0.15, 0.2) is 5.96 Å². The van der Waals surface area contributed by atoms with Crippen molar-refractivity contribution >= 4 is 5.96 Å². The highest BCUT2D eigenvalue weighted by atomic mass is 15.2. The Kier molecular flexibility index (Phi) is 2.60. The maximum Gasteiger partial charge on any atom is 0.189 e. The van der Waals surface area contributed by atoms with E-state index in [9.17, 15) is 0 Å². The summed E-state index contributed by atoms with van der Waals surface area (Å²) >= 11 is 0. The Balaban J connectivity index is 2.33. The molecule has 1 rings (SSSR count). The Morgan fingerprint density at radius 2 is 2.33 bits per heavy atom. The second-order valence-electron chi connectivity index (χ2n) is 4.32. The minimum Gasteiger partial charge on any atom is -0.370 e. The Hall–Kier alpha value is -0.730. The number of nitrogens with two attached hydrogens (primary N) is 1. The fourth-order valence-corrected chi connectivity index (χ4v) is 1.40. The van der Waals surface area contributed by atoms with E-state index in [0.29, 0.717) is 5.96 Å². The number of rotatable bonds is 3. The van der Waals surface area contributed by atoms with Crippen LogP contribution in [0.4, 0.5) is 0 Å². The van der Waals surface area contributed by atoms with Crippen molar-refractivity contribution in [2.75, 3.05) is 6.54 Å². The zero-order valence-electron chi connectivity index (χ0n) is 8.22. The van der Waals surface area contributed by atoms with E-state index >= 15 is 0 Å². The number of nitrogens with one attached hydrogen (secondary N) is 1. The standard InChI is InChI=1S/C9H19N3/c1-7(2)4-5-9(3)6-11-8(10)12-9/h7H,4-6H2,1-3H3,(H3,10,11,12). The van der Waals surface area contributed by atoms with Gasteiger partial charge in [0, 0.05) is 0 Å². The molecule has 0 aromatic carbocycles. The topological polar surface area (TPSA) is 50.4 Å². The normalized spacial score (nSPS) is 28.8. The fraction of sp³-hybridized carbons (Fsp3) is 0.889. The molecule has 3 heteroatoms. The third kappa shape index (κ3) is 2.40. The summed E-state index contributed by atoms with van der Waals surface area (Å²) in [5.41, 5.74) is 5.68. The van der Waals surface area contributed by atoms with Crippen LogP contribution in [0, 0.1) is 5.92 Å². The largest absolute Gasteiger partial charge is 0.370 e. The summed E-state index contributed by atoms with van der Waals surface area (Å²) in [5.74, 6) is 1.35. The molecule has 0 aromatic rings. The van der Waals surface area contributed by atoms with Crippen LogP contribution in [0.25, 0.3) is 0 Å². The number of hydrogen-bond acceptors (Lipinski definition) is 3. The summed E-state index contributed by atoms with van der Waals surface area (Å²) in [7, 11) is 0. The quantitative estimate of drug-likeness (QED) is 0.664. The van der Waals surface area contributed by atoms with Gasteiger partial charge in [-0.05, 0) is 25.7 Å². The number of nitrogens with zero attached hydrogens (tertiary/aromatic N) is 1. The molecule has 0 aliphatic carbocycles. The molecule has 0 saturated heterocycles. The molecule has 70 valence electrons. The third-order valence-corrected chi connectivity index (χ3v) is 2.30. The molecule has 0 radical (unpaired) electrons. The molecule has 0 bridgehead atoms. The van der Waals surface area contributed by atoms with Gasteiger partial charge >= 0.3 is 0 Å². The van der Waals surface area contributed by atoms with E-state index in [1.807, 2.05) is 0 Å². The van der Waals surface area contributed by atoms with E-state index in [2.05, 4.69) is 31.1 Å². The molecule has 3 nitrogen and oxygen atoms in total. The lowest BCUT2D eigenvalue weighted by atomic mass is 9.93. The first kappa shape index (κ1) is 9.36. The van der Waals surface area contributed by atoms with Gasteiger partial charge < -0.3 is 11.1 Å². The van der Waals surface area contributed by atoms with E-state index < -0.39 is 0 Å². The minimum atomic E-state index is 0.119. The van der Waals surface area contributed by atoms with Crippen LogP contribution in [-0.4, -0.2) is 18.0 Å². The van der Waals surface area contributed by atoms with Gasteiger partial charge in [-0.2, -0.15) is 0 Å². The van der Waals surface area contributed by atoms with Crippen LogP contribution in [0.5, 0.6) is 0 Å². The van der Waals surface area contributed by atoms with Crippen molar-refractivity contribution in [3.8, 4) is 0 Å². The lowest BCUT2D eigenvalue weighted by Crippen LogP contribution is -2.45. The van der Waals surface area contributed by atoms with Crippen molar-refractivity contribution in [3.05, 3.63) is 0 Å². The summed E-state index contributed by atoms with van der Waals surface area (Å²) < 4.78 is 0. The predicted molar refractivity (Wildman–Crippen MR) is 52.1 cm³/mol. The van der Waals surface area contributed by atoms with Crippen molar-refractivity contribution in [3.63, 3.8) is 0 Å². The monoisotopic (exact) mass is 169 g/mol. The van der Waals surface area contributed by atoms with Crippen LogP contribution in [0.3, 0.4) is 0 Å². The number of aliphatic imine (C=N–C) groups is 1. The lowest BCUT2D eigenvalue weighted by molar-refractivity contribution is 0.376. The van der Waals surface area contributed by atoms with Gasteiger partial charge in [-0.1, -0.05) is 13.8 Å². The van der Waals surface area contributed by atoms with Crippen LogP contribution in [-0.2, 0) is 0 Å². The Morgan fingerprint density at radius 1 is 1.67 bits per heavy atom. The molecule has 0 aromatic heterocycles. The third-order valence-electron chi connectivity index (χ3n) is 2.30. The highest BCUT2D eigenvalue weighted by Crippen LogP contribution is 2.19. The zero-order chi connectivity index (χ0) is 9.19. The summed E-state index contributed by atoms with van der Waals surface area (Å²) in [6.07, 6.45) is 2.38. The van der Waals surface area contributed by atoms with Crippen molar-refractivity contribution in [2.24, 2.45) is 16.6 Å². The lowest BCUT2D eigenvalue weighted by Gasteiger charge is -2.24. The molecule has 1 aliphatic rings. The number of guanidine groups is 1. The minimum absolute atomic E-state index is 0.119. The molecule has 0 spiro atoms. The molecular weight excluding hydrogens is 150 g/mol. The van der Waals surface area contributed by atoms with Gasteiger partial charge in [-0.3, -0.25) is 4.99 Å². The molecule has 12 heavy (non-hydrogen) atoms. The first-order valence-electron chi connectivity index (χ1n) is 4.60. The Labute approximate surface area is 74.4 Å². The predicted octanol–water partition coefficient (Wildman–Crippen LogP) is 1.10. The summed E-state index contributed by atoms with van der Waals surface area (Å²) in [6.45, 7) is 7.48. The molecule has 3 N–H and O–H groups in total. The van der Waals surface area contributed by atoms with Gasteiger partial charge in [0.2, 0.25) is 0 Å². The van der Waals surface area contributed by atoms with Crippen LogP contribution < -0.4 is 11.1 Å². The van der Waals surface area contributed by atoms with Gasteiger partial charge in [-0.25, -0.2) is 0 Å². The molecule has 0 fully saturated rings. The molecule has 1 unspecified atom stereocenters. The highest BCUT2D eigenvalue weighted by Gasteiger charge is 2.28. The zero-order valence-corrected chi connectivity index (χ0v) is 8.22. The average Bonchev–Trinajstić information content (AvgIpc) is 2.29. The Morgan fingerprint density at radius 3 is 2.75 bits per heavy atom. The van der Waals surface area contributed by atoms with Gasteiger partial charge in [0.1, 0.15) is 0 Å². The molecule has 1 heterocycles. The van der Waals surface area contributed by atoms with Crippen LogP contribution in [0.1, 0.15) is 33.6 Å². The van der Waals surface area contributed by atoms with Gasteiger partial charge in [-0.15, -0.1) is 0 Å². The summed E-state index contributed by atoms with van der Waals surface area (Å²) in [4.78, 5) is 4.15.